The van der Waals surface area contributed by atoms with Crippen LogP contribution in [0.1, 0.15) is 32.6 Å². The van der Waals surface area contributed by atoms with Crippen molar-refractivity contribution >= 4 is 40.6 Å². The molecule has 1 aromatic heterocycles. The molecular weight excluding hydrogens is 579 g/mol. The molecule has 0 bridgehead atoms. The van der Waals surface area contributed by atoms with Gasteiger partial charge in [0.05, 0.1) is 0 Å². The Hall–Kier alpha value is -5.04. The molecule has 0 fully saturated rings. The zero-order chi connectivity index (χ0) is 29.8. The maximum atomic E-state index is 14.9. The first kappa shape index (κ1) is 28.1. The number of Topliss-reactive ketones (excluding diaryl/α,β-unsaturated/α-hetero) is 1. The van der Waals surface area contributed by atoms with E-state index in [1.165, 1.54) is 4.90 Å². The maximum Gasteiger partial charge on any atom is 0.297 e. The van der Waals surface area contributed by atoms with Crippen LogP contribution in [0.2, 0.25) is 10.0 Å². The molecule has 1 amide bonds. The number of nitrogens with zero attached hydrogens (tertiary/aromatic N) is 4. The van der Waals surface area contributed by atoms with Crippen LogP contribution in [-0.4, -0.2) is 26.5 Å². The van der Waals surface area contributed by atoms with Gasteiger partial charge in [-0.1, -0.05) is 114 Å². The lowest BCUT2D eigenvalue weighted by Crippen LogP contribution is -2.40. The molecule has 210 valence electrons. The van der Waals surface area contributed by atoms with Gasteiger partial charge in [0.2, 0.25) is 5.82 Å². The van der Waals surface area contributed by atoms with E-state index >= 15 is 0 Å². The highest BCUT2D eigenvalue weighted by atomic mass is 35.5. The minimum atomic E-state index is -1.02. The number of carbonyl (C=O) groups excluding carboxylic acids is 2. The first-order valence-corrected chi connectivity index (χ1v) is 14.3. The molecular formula is C35H24Cl2N4O2. The van der Waals surface area contributed by atoms with Crippen molar-refractivity contribution in [2.45, 2.75) is 6.04 Å². The van der Waals surface area contributed by atoms with Crippen LogP contribution in [0.5, 0.6) is 0 Å². The minimum Gasteiger partial charge on any atom is -0.291 e. The molecule has 0 aliphatic rings. The standard InChI is InChI=1S/C35H24Cl2N4O2/c36-27-16-20-29(21-17-27)40(31(24-10-4-1-5-11-24)32(42)25-12-6-2-7-13-25)35(43)34-39-38-33(26-14-8-3-9-15-26)41(34)30-22-18-28(37)19-23-30/h1-23,31H. The summed E-state index contributed by atoms with van der Waals surface area (Å²) in [5, 5.41) is 9.92. The number of carbonyl (C=O) groups is 2. The third kappa shape index (κ3) is 5.84. The summed E-state index contributed by atoms with van der Waals surface area (Å²) < 4.78 is 1.69. The monoisotopic (exact) mass is 602 g/mol. The van der Waals surface area contributed by atoms with Gasteiger partial charge in [-0.2, -0.15) is 0 Å². The van der Waals surface area contributed by atoms with Gasteiger partial charge in [0.1, 0.15) is 6.04 Å². The molecule has 0 aliphatic heterocycles. The summed E-state index contributed by atoms with van der Waals surface area (Å²) >= 11 is 12.5. The Balaban J connectivity index is 1.58. The van der Waals surface area contributed by atoms with E-state index in [0.717, 1.165) is 5.56 Å². The van der Waals surface area contributed by atoms with Gasteiger partial charge in [0, 0.05) is 32.5 Å². The van der Waals surface area contributed by atoms with Crippen molar-refractivity contribution in [1.29, 1.82) is 0 Å². The third-order valence-electron chi connectivity index (χ3n) is 6.97. The largest absolute Gasteiger partial charge is 0.297 e. The van der Waals surface area contributed by atoms with Crippen LogP contribution < -0.4 is 4.90 Å². The maximum absolute atomic E-state index is 14.9. The number of rotatable bonds is 8. The van der Waals surface area contributed by atoms with Crippen LogP contribution in [0.25, 0.3) is 17.1 Å². The Morgan fingerprint density at radius 1 is 0.628 bits per heavy atom. The summed E-state index contributed by atoms with van der Waals surface area (Å²) in [5.41, 5.74) is 2.98. The number of halogens is 2. The van der Waals surface area contributed by atoms with Crippen molar-refractivity contribution in [3.05, 3.63) is 167 Å². The smallest absolute Gasteiger partial charge is 0.291 e. The quantitative estimate of drug-likeness (QED) is 0.164. The SMILES string of the molecule is O=C(c1ccccc1)C(c1ccccc1)N(C(=O)c1nnc(-c2ccccc2)n1-c1ccc(Cl)cc1)c1ccc(Cl)cc1. The van der Waals surface area contributed by atoms with Gasteiger partial charge >= 0.3 is 0 Å². The van der Waals surface area contributed by atoms with Crippen molar-refractivity contribution in [1.82, 2.24) is 14.8 Å². The number of hydrogen-bond acceptors (Lipinski definition) is 4. The fraction of sp³-hybridized carbons (Fsp3) is 0.0286. The van der Waals surface area contributed by atoms with E-state index < -0.39 is 11.9 Å². The average molecular weight is 604 g/mol. The zero-order valence-corrected chi connectivity index (χ0v) is 24.2. The zero-order valence-electron chi connectivity index (χ0n) is 22.7. The molecule has 0 saturated carbocycles. The Kier molecular flexibility index (Phi) is 8.13. The second kappa shape index (κ2) is 12.4. The molecule has 1 atom stereocenters. The summed E-state index contributed by atoms with van der Waals surface area (Å²) in [6, 6.07) is 40.5. The first-order chi connectivity index (χ1) is 21.0. The molecule has 6 rings (SSSR count). The number of hydrogen-bond donors (Lipinski definition) is 0. The number of benzene rings is 5. The first-order valence-electron chi connectivity index (χ1n) is 13.5. The third-order valence-corrected chi connectivity index (χ3v) is 7.48. The van der Waals surface area contributed by atoms with Gasteiger partial charge in [0.25, 0.3) is 5.91 Å². The van der Waals surface area contributed by atoms with Crippen molar-refractivity contribution in [2.24, 2.45) is 0 Å². The van der Waals surface area contributed by atoms with Crippen LogP contribution >= 0.6 is 23.2 Å². The van der Waals surface area contributed by atoms with Crippen LogP contribution in [0.15, 0.2) is 140 Å². The minimum absolute atomic E-state index is 0.0259. The van der Waals surface area contributed by atoms with Crippen LogP contribution in [-0.2, 0) is 0 Å². The van der Waals surface area contributed by atoms with Crippen molar-refractivity contribution in [3.8, 4) is 17.1 Å². The molecule has 0 N–H and O–H groups in total. The Labute approximate surface area is 258 Å². The number of ketones is 1. The summed E-state index contributed by atoms with van der Waals surface area (Å²) in [6.07, 6.45) is 0. The van der Waals surface area contributed by atoms with Crippen LogP contribution in [0, 0.1) is 0 Å². The van der Waals surface area contributed by atoms with Gasteiger partial charge in [0.15, 0.2) is 11.6 Å². The molecule has 1 unspecified atom stereocenters. The second-order valence-electron chi connectivity index (χ2n) is 9.72. The van der Waals surface area contributed by atoms with Crippen molar-refractivity contribution in [3.63, 3.8) is 0 Å². The molecule has 8 heteroatoms. The number of amides is 1. The molecule has 0 spiro atoms. The van der Waals surface area contributed by atoms with E-state index in [0.29, 0.717) is 38.4 Å². The average Bonchev–Trinajstić information content (AvgIpc) is 3.50. The lowest BCUT2D eigenvalue weighted by molar-refractivity contribution is 0.0890. The number of aromatic nitrogens is 3. The molecule has 1 heterocycles. The highest BCUT2D eigenvalue weighted by molar-refractivity contribution is 6.31. The fourth-order valence-corrected chi connectivity index (χ4v) is 5.19. The van der Waals surface area contributed by atoms with Gasteiger partial charge in [-0.25, -0.2) is 0 Å². The topological polar surface area (TPSA) is 68.1 Å². The molecule has 0 aliphatic carbocycles. The molecule has 0 radical (unpaired) electrons. The lowest BCUT2D eigenvalue weighted by atomic mass is 9.95. The predicted molar refractivity (Wildman–Crippen MR) is 170 cm³/mol. The molecule has 6 aromatic rings. The summed E-state index contributed by atoms with van der Waals surface area (Å²) in [6.45, 7) is 0. The van der Waals surface area contributed by atoms with E-state index in [1.54, 1.807) is 77.4 Å². The molecule has 0 saturated heterocycles. The molecule has 6 nitrogen and oxygen atoms in total. The lowest BCUT2D eigenvalue weighted by Gasteiger charge is -2.31. The van der Waals surface area contributed by atoms with E-state index in [1.807, 2.05) is 66.7 Å². The summed E-state index contributed by atoms with van der Waals surface area (Å²) in [4.78, 5) is 30.6. The van der Waals surface area contributed by atoms with Gasteiger partial charge in [-0.3, -0.25) is 19.1 Å². The highest BCUT2D eigenvalue weighted by Gasteiger charge is 2.37. The van der Waals surface area contributed by atoms with E-state index in [-0.39, 0.29) is 11.6 Å². The Morgan fingerprint density at radius 3 is 1.77 bits per heavy atom. The van der Waals surface area contributed by atoms with Gasteiger partial charge in [-0.15, -0.1) is 10.2 Å². The van der Waals surface area contributed by atoms with Crippen molar-refractivity contribution < 1.29 is 9.59 Å². The normalized spacial score (nSPS) is 11.6. The Bertz CT molecular complexity index is 1860. The highest BCUT2D eigenvalue weighted by Crippen LogP contribution is 2.34. The number of anilines is 1. The second-order valence-corrected chi connectivity index (χ2v) is 10.6. The summed E-state index contributed by atoms with van der Waals surface area (Å²) in [5.74, 6) is -0.285. The van der Waals surface area contributed by atoms with E-state index in [4.69, 9.17) is 23.2 Å². The molecule has 5 aromatic carbocycles. The van der Waals surface area contributed by atoms with E-state index in [2.05, 4.69) is 10.2 Å². The van der Waals surface area contributed by atoms with Gasteiger partial charge in [-0.05, 0) is 54.1 Å². The van der Waals surface area contributed by atoms with Crippen LogP contribution in [0.3, 0.4) is 0 Å². The van der Waals surface area contributed by atoms with Crippen molar-refractivity contribution in [2.75, 3.05) is 4.90 Å². The predicted octanol–water partition coefficient (Wildman–Crippen LogP) is 8.51. The fourth-order valence-electron chi connectivity index (χ4n) is 4.94. The van der Waals surface area contributed by atoms with Crippen LogP contribution in [0.4, 0.5) is 5.69 Å². The molecule has 43 heavy (non-hydrogen) atoms. The Morgan fingerprint density at radius 2 is 1.16 bits per heavy atom. The summed E-state index contributed by atoms with van der Waals surface area (Å²) in [7, 11) is 0. The van der Waals surface area contributed by atoms with E-state index in [9.17, 15) is 9.59 Å². The van der Waals surface area contributed by atoms with Gasteiger partial charge < -0.3 is 0 Å².